The van der Waals surface area contributed by atoms with Crippen LogP contribution in [0.15, 0.2) is 30.3 Å². The van der Waals surface area contributed by atoms with Crippen molar-refractivity contribution in [3.8, 4) is 28.4 Å². The van der Waals surface area contributed by atoms with Gasteiger partial charge in [-0.15, -0.1) is 0 Å². The Morgan fingerprint density at radius 2 is 1.84 bits per heavy atom. The van der Waals surface area contributed by atoms with Crippen molar-refractivity contribution >= 4 is 0 Å². The molecule has 0 amide bonds. The minimum atomic E-state index is -0.500. The number of benzene rings is 2. The first kappa shape index (κ1) is 17.6. The predicted octanol–water partition coefficient (Wildman–Crippen LogP) is 4.90. The number of fused-ring (bicyclic) bond motifs is 3. The Hall–Kier alpha value is -2.20. The minimum Gasteiger partial charge on any atom is -0.493 e. The van der Waals surface area contributed by atoms with Gasteiger partial charge in [0.15, 0.2) is 11.5 Å². The van der Waals surface area contributed by atoms with Crippen LogP contribution >= 0.6 is 0 Å². The fourth-order valence-electron chi connectivity index (χ4n) is 3.05. The molecule has 134 valence electrons. The first-order valence-electron chi connectivity index (χ1n) is 8.74. The van der Waals surface area contributed by atoms with Gasteiger partial charge in [0.05, 0.1) is 19.8 Å². The summed E-state index contributed by atoms with van der Waals surface area (Å²) in [5.74, 6) is 2.62. The molecule has 0 radical (unpaired) electrons. The van der Waals surface area contributed by atoms with E-state index in [9.17, 15) is 5.11 Å². The predicted molar refractivity (Wildman–Crippen MR) is 98.4 cm³/mol. The van der Waals surface area contributed by atoms with Crippen LogP contribution in [0.3, 0.4) is 0 Å². The third-order valence-corrected chi connectivity index (χ3v) is 4.43. The molecule has 0 spiro atoms. The standard InChI is InChI=1S/C21H26O4/c1-12(2)11-24-21-10-19-18(9-20(21)23-5)16-7-6-15(13(3)22)8-17(16)14(4)25-19/h6-10,12-14,22H,11H2,1-5H3. The van der Waals surface area contributed by atoms with Crippen molar-refractivity contribution in [3.05, 3.63) is 41.5 Å². The summed E-state index contributed by atoms with van der Waals surface area (Å²) in [6.45, 7) is 8.63. The second-order valence-corrected chi connectivity index (χ2v) is 6.99. The molecule has 0 aromatic heterocycles. The van der Waals surface area contributed by atoms with E-state index in [-0.39, 0.29) is 6.10 Å². The highest BCUT2D eigenvalue weighted by molar-refractivity contribution is 5.79. The van der Waals surface area contributed by atoms with Crippen molar-refractivity contribution in [2.75, 3.05) is 13.7 Å². The van der Waals surface area contributed by atoms with E-state index in [0.29, 0.717) is 24.0 Å². The summed E-state index contributed by atoms with van der Waals surface area (Å²) in [5, 5.41) is 9.85. The van der Waals surface area contributed by atoms with Gasteiger partial charge in [-0.05, 0) is 43.0 Å². The number of hydrogen-bond donors (Lipinski definition) is 1. The number of aliphatic hydroxyl groups excluding tert-OH is 1. The molecule has 0 aliphatic carbocycles. The van der Waals surface area contributed by atoms with Gasteiger partial charge in [-0.1, -0.05) is 26.0 Å². The summed E-state index contributed by atoms with van der Waals surface area (Å²) in [5.41, 5.74) is 4.05. The molecular weight excluding hydrogens is 316 g/mol. The van der Waals surface area contributed by atoms with E-state index >= 15 is 0 Å². The van der Waals surface area contributed by atoms with Gasteiger partial charge in [0.2, 0.25) is 0 Å². The van der Waals surface area contributed by atoms with Crippen LogP contribution < -0.4 is 14.2 Å². The maximum absolute atomic E-state index is 9.85. The quantitative estimate of drug-likeness (QED) is 0.839. The van der Waals surface area contributed by atoms with Crippen molar-refractivity contribution in [2.24, 2.45) is 5.92 Å². The Bertz CT molecular complexity index is 765. The van der Waals surface area contributed by atoms with Gasteiger partial charge in [-0.25, -0.2) is 0 Å². The fourth-order valence-corrected chi connectivity index (χ4v) is 3.05. The fraction of sp³-hybridized carbons (Fsp3) is 0.429. The van der Waals surface area contributed by atoms with Crippen molar-refractivity contribution in [2.45, 2.75) is 39.9 Å². The Balaban J connectivity index is 2.06. The molecule has 3 rings (SSSR count). The molecular formula is C21H26O4. The van der Waals surface area contributed by atoms with Gasteiger partial charge in [-0.2, -0.15) is 0 Å². The highest BCUT2D eigenvalue weighted by atomic mass is 16.5. The molecule has 0 bridgehead atoms. The molecule has 25 heavy (non-hydrogen) atoms. The van der Waals surface area contributed by atoms with Crippen LogP contribution in [0.25, 0.3) is 11.1 Å². The van der Waals surface area contributed by atoms with Gasteiger partial charge < -0.3 is 19.3 Å². The van der Waals surface area contributed by atoms with Gasteiger partial charge in [0.1, 0.15) is 11.9 Å². The van der Waals surface area contributed by atoms with Gasteiger partial charge in [0, 0.05) is 17.2 Å². The molecule has 4 heteroatoms. The Labute approximate surface area is 149 Å². The van der Waals surface area contributed by atoms with Gasteiger partial charge >= 0.3 is 0 Å². The lowest BCUT2D eigenvalue weighted by Crippen LogP contribution is -2.13. The SMILES string of the molecule is COc1cc2c(cc1OCC(C)C)OC(C)c1cc(C(C)O)ccc1-2. The van der Waals surface area contributed by atoms with E-state index in [0.717, 1.165) is 28.0 Å². The summed E-state index contributed by atoms with van der Waals surface area (Å²) in [6.07, 6.45) is -0.590. The van der Waals surface area contributed by atoms with E-state index in [2.05, 4.69) is 13.8 Å². The molecule has 1 N–H and O–H groups in total. The van der Waals surface area contributed by atoms with Crippen molar-refractivity contribution in [3.63, 3.8) is 0 Å². The lowest BCUT2D eigenvalue weighted by Gasteiger charge is -2.28. The summed E-state index contributed by atoms with van der Waals surface area (Å²) < 4.78 is 17.5. The van der Waals surface area contributed by atoms with Crippen LogP contribution in [0.5, 0.6) is 17.2 Å². The Morgan fingerprint density at radius 3 is 2.48 bits per heavy atom. The Kier molecular flexibility index (Phi) is 4.91. The third-order valence-electron chi connectivity index (χ3n) is 4.43. The normalized spacial score (nSPS) is 16.7. The highest BCUT2D eigenvalue weighted by Crippen LogP contribution is 2.47. The van der Waals surface area contributed by atoms with Gasteiger partial charge in [0.25, 0.3) is 0 Å². The zero-order valence-electron chi connectivity index (χ0n) is 15.5. The molecule has 2 aromatic rings. The topological polar surface area (TPSA) is 47.9 Å². The van der Waals surface area contributed by atoms with Crippen LogP contribution in [0.4, 0.5) is 0 Å². The monoisotopic (exact) mass is 342 g/mol. The summed E-state index contributed by atoms with van der Waals surface area (Å²) in [6, 6.07) is 9.91. The van der Waals surface area contributed by atoms with Crippen LogP contribution in [-0.2, 0) is 0 Å². The average molecular weight is 342 g/mol. The zero-order chi connectivity index (χ0) is 18.1. The first-order valence-corrected chi connectivity index (χ1v) is 8.74. The molecule has 0 saturated carbocycles. The molecule has 2 unspecified atom stereocenters. The smallest absolute Gasteiger partial charge is 0.164 e. The molecule has 1 heterocycles. The zero-order valence-corrected chi connectivity index (χ0v) is 15.5. The Morgan fingerprint density at radius 1 is 1.08 bits per heavy atom. The minimum absolute atomic E-state index is 0.0902. The van der Waals surface area contributed by atoms with Crippen LogP contribution in [0, 0.1) is 5.92 Å². The van der Waals surface area contributed by atoms with E-state index < -0.39 is 6.10 Å². The maximum atomic E-state index is 9.85. The highest BCUT2D eigenvalue weighted by Gasteiger charge is 2.26. The summed E-state index contributed by atoms with van der Waals surface area (Å²) in [7, 11) is 1.65. The number of hydrogen-bond acceptors (Lipinski definition) is 4. The molecule has 1 aliphatic rings. The van der Waals surface area contributed by atoms with Gasteiger partial charge in [-0.3, -0.25) is 0 Å². The summed E-state index contributed by atoms with van der Waals surface area (Å²) >= 11 is 0. The lowest BCUT2D eigenvalue weighted by molar-refractivity contribution is 0.197. The number of ether oxygens (including phenoxy) is 3. The largest absolute Gasteiger partial charge is 0.493 e. The molecule has 1 aliphatic heterocycles. The number of methoxy groups -OCH3 is 1. The number of aliphatic hydroxyl groups is 1. The van der Waals surface area contributed by atoms with E-state index in [1.54, 1.807) is 14.0 Å². The molecule has 0 saturated heterocycles. The third kappa shape index (κ3) is 3.45. The first-order chi connectivity index (χ1) is 11.9. The van der Waals surface area contributed by atoms with E-state index in [1.165, 1.54) is 0 Å². The average Bonchev–Trinajstić information content (AvgIpc) is 2.59. The second-order valence-electron chi connectivity index (χ2n) is 6.99. The van der Waals surface area contributed by atoms with Crippen molar-refractivity contribution in [1.29, 1.82) is 0 Å². The van der Waals surface area contributed by atoms with Crippen LogP contribution in [0.1, 0.15) is 51.0 Å². The van der Waals surface area contributed by atoms with Crippen molar-refractivity contribution in [1.82, 2.24) is 0 Å². The molecule has 2 atom stereocenters. The van der Waals surface area contributed by atoms with Crippen molar-refractivity contribution < 1.29 is 19.3 Å². The molecule has 4 nitrogen and oxygen atoms in total. The van der Waals surface area contributed by atoms with E-state index in [4.69, 9.17) is 14.2 Å². The lowest BCUT2D eigenvalue weighted by atomic mass is 9.90. The molecule has 2 aromatic carbocycles. The van der Waals surface area contributed by atoms with E-state index in [1.807, 2.05) is 37.3 Å². The second kappa shape index (κ2) is 6.96. The molecule has 0 fully saturated rings. The maximum Gasteiger partial charge on any atom is 0.164 e. The number of rotatable bonds is 5. The van der Waals surface area contributed by atoms with Crippen LogP contribution in [0.2, 0.25) is 0 Å². The summed E-state index contributed by atoms with van der Waals surface area (Å²) in [4.78, 5) is 0. The van der Waals surface area contributed by atoms with Crippen LogP contribution in [-0.4, -0.2) is 18.8 Å².